The molecule has 35 heavy (non-hydrogen) atoms. The molecule has 0 unspecified atom stereocenters. The van der Waals surface area contributed by atoms with Crippen molar-refractivity contribution in [3.63, 3.8) is 0 Å². The van der Waals surface area contributed by atoms with Crippen molar-refractivity contribution in [1.82, 2.24) is 0 Å². The Morgan fingerprint density at radius 1 is 1.00 bits per heavy atom. The first-order valence-corrected chi connectivity index (χ1v) is 13.5. The summed E-state index contributed by atoms with van der Waals surface area (Å²) in [6.45, 7) is 0.282. The standard InChI is InChI=1S/C28H24FNO4S/c29-21-10-8-19(9-11-21)24-15-28(24)23-6-1-2-7-25(23)30(27(28)32)16-18-4-3-5-20(14-18)26(31)17-35(33,34)22-12-13-22/h1-11,14,22,24H,12-13,15-17H2/t24-,28-/m1/s1. The molecule has 5 nitrogen and oxygen atoms in total. The van der Waals surface area contributed by atoms with Crippen LogP contribution in [0, 0.1) is 5.82 Å². The molecule has 1 amide bonds. The number of Topliss-reactive ketones (excluding diaryl/α,β-unsaturated/α-hetero) is 1. The van der Waals surface area contributed by atoms with Crippen molar-refractivity contribution in [2.45, 2.75) is 42.4 Å². The Labute approximate surface area is 203 Å². The summed E-state index contributed by atoms with van der Waals surface area (Å²) in [6.07, 6.45) is 1.93. The van der Waals surface area contributed by atoms with Gasteiger partial charge in [-0.3, -0.25) is 9.59 Å². The Morgan fingerprint density at radius 3 is 2.49 bits per heavy atom. The van der Waals surface area contributed by atoms with Gasteiger partial charge in [-0.25, -0.2) is 12.8 Å². The van der Waals surface area contributed by atoms with Crippen molar-refractivity contribution in [1.29, 1.82) is 0 Å². The van der Waals surface area contributed by atoms with Gasteiger partial charge in [0.1, 0.15) is 11.6 Å². The number of carbonyl (C=O) groups excluding carboxylic acids is 2. The largest absolute Gasteiger partial charge is 0.307 e. The molecule has 1 aliphatic heterocycles. The highest BCUT2D eigenvalue weighted by Gasteiger charge is 2.67. The molecule has 0 aromatic heterocycles. The van der Waals surface area contributed by atoms with Crippen LogP contribution in [0.25, 0.3) is 0 Å². The van der Waals surface area contributed by atoms with E-state index in [1.54, 1.807) is 35.2 Å². The van der Waals surface area contributed by atoms with Crippen LogP contribution in [0.4, 0.5) is 10.1 Å². The lowest BCUT2D eigenvalue weighted by Crippen LogP contribution is -2.32. The minimum atomic E-state index is -3.40. The van der Waals surface area contributed by atoms with Gasteiger partial charge in [0.05, 0.1) is 17.2 Å². The molecule has 1 heterocycles. The van der Waals surface area contributed by atoms with Gasteiger partial charge in [-0.2, -0.15) is 0 Å². The molecule has 3 aromatic carbocycles. The zero-order chi connectivity index (χ0) is 24.4. The molecule has 6 rings (SSSR count). The second-order valence-corrected chi connectivity index (χ2v) is 12.1. The van der Waals surface area contributed by atoms with Crippen LogP contribution in [0.2, 0.25) is 0 Å². The highest BCUT2D eigenvalue weighted by molar-refractivity contribution is 7.93. The topological polar surface area (TPSA) is 71.5 Å². The highest BCUT2D eigenvalue weighted by atomic mass is 32.2. The first-order valence-electron chi connectivity index (χ1n) is 11.8. The van der Waals surface area contributed by atoms with E-state index in [0.717, 1.165) is 22.4 Å². The summed E-state index contributed by atoms with van der Waals surface area (Å²) in [5.41, 5.74) is 3.22. The summed E-state index contributed by atoms with van der Waals surface area (Å²) in [7, 11) is -3.40. The Kier molecular flexibility index (Phi) is 4.97. The predicted molar refractivity (Wildman–Crippen MR) is 131 cm³/mol. The number of para-hydroxylation sites is 1. The van der Waals surface area contributed by atoms with Crippen molar-refractivity contribution in [3.05, 3.63) is 101 Å². The number of amides is 1. The average Bonchev–Trinajstić information content (AvgIpc) is 3.76. The van der Waals surface area contributed by atoms with Crippen LogP contribution in [0.5, 0.6) is 0 Å². The van der Waals surface area contributed by atoms with Crippen molar-refractivity contribution in [2.75, 3.05) is 10.7 Å². The summed E-state index contributed by atoms with van der Waals surface area (Å²) in [6, 6.07) is 21.0. The van der Waals surface area contributed by atoms with Crippen LogP contribution >= 0.6 is 0 Å². The van der Waals surface area contributed by atoms with Crippen molar-refractivity contribution in [3.8, 4) is 0 Å². The number of fused-ring (bicyclic) bond motifs is 2. The number of carbonyl (C=O) groups is 2. The number of benzene rings is 3. The SMILES string of the molecule is O=C(CS(=O)(=O)C1CC1)c1cccc(CN2C(=O)[C@]3(C[C@@H]3c3ccc(F)cc3)c3ccccc32)c1. The quantitative estimate of drug-likeness (QED) is 0.456. The third-order valence-corrected chi connectivity index (χ3v) is 9.64. The van der Waals surface area contributed by atoms with E-state index in [1.807, 2.05) is 30.3 Å². The van der Waals surface area contributed by atoms with E-state index in [1.165, 1.54) is 12.1 Å². The van der Waals surface area contributed by atoms with Gasteiger partial charge < -0.3 is 4.90 Å². The molecule has 0 N–H and O–H groups in total. The van der Waals surface area contributed by atoms with Crippen molar-refractivity contribution >= 4 is 27.2 Å². The molecule has 2 aliphatic carbocycles. The van der Waals surface area contributed by atoms with E-state index in [0.29, 0.717) is 24.8 Å². The fourth-order valence-electron chi connectivity index (χ4n) is 5.44. The second kappa shape index (κ2) is 7.85. The maximum absolute atomic E-state index is 13.8. The number of sulfone groups is 1. The van der Waals surface area contributed by atoms with Gasteiger partial charge in [-0.05, 0) is 60.2 Å². The number of rotatable bonds is 7. The summed E-state index contributed by atoms with van der Waals surface area (Å²) >= 11 is 0. The molecular formula is C28H24FNO4S. The lowest BCUT2D eigenvalue weighted by atomic mass is 9.92. The molecule has 2 saturated carbocycles. The van der Waals surface area contributed by atoms with Crippen molar-refractivity contribution in [2.24, 2.45) is 0 Å². The van der Waals surface area contributed by atoms with Gasteiger partial charge in [0, 0.05) is 17.2 Å². The third kappa shape index (κ3) is 3.69. The Bertz CT molecular complexity index is 1460. The molecule has 7 heteroatoms. The van der Waals surface area contributed by atoms with E-state index < -0.39 is 26.8 Å². The Hall–Kier alpha value is -3.32. The first kappa shape index (κ1) is 22.2. The Balaban J connectivity index is 1.27. The number of halogens is 1. The Morgan fingerprint density at radius 2 is 1.74 bits per heavy atom. The smallest absolute Gasteiger partial charge is 0.238 e. The van der Waals surface area contributed by atoms with Crippen molar-refractivity contribution < 1.29 is 22.4 Å². The van der Waals surface area contributed by atoms with Crippen LogP contribution in [0.1, 0.15) is 52.2 Å². The number of anilines is 1. The first-order chi connectivity index (χ1) is 16.8. The summed E-state index contributed by atoms with van der Waals surface area (Å²) in [5.74, 6) is -1.21. The van der Waals surface area contributed by atoms with Crippen LogP contribution in [0.3, 0.4) is 0 Å². The van der Waals surface area contributed by atoms with E-state index in [9.17, 15) is 22.4 Å². The minimum Gasteiger partial charge on any atom is -0.307 e. The van der Waals surface area contributed by atoms with E-state index >= 15 is 0 Å². The molecular weight excluding hydrogens is 465 g/mol. The number of hydrogen-bond acceptors (Lipinski definition) is 4. The summed E-state index contributed by atoms with van der Waals surface area (Å²) in [4.78, 5) is 28.2. The molecule has 0 saturated heterocycles. The van der Waals surface area contributed by atoms with Crippen LogP contribution < -0.4 is 4.90 Å². The van der Waals surface area contributed by atoms with E-state index in [4.69, 9.17) is 0 Å². The maximum atomic E-state index is 13.8. The molecule has 2 fully saturated rings. The maximum Gasteiger partial charge on any atom is 0.238 e. The molecule has 3 aliphatic rings. The molecule has 3 aromatic rings. The van der Waals surface area contributed by atoms with Gasteiger partial charge in [-0.15, -0.1) is 0 Å². The highest BCUT2D eigenvalue weighted by Crippen LogP contribution is 2.66. The summed E-state index contributed by atoms with van der Waals surface area (Å²) < 4.78 is 38.0. The lowest BCUT2D eigenvalue weighted by molar-refractivity contribution is -0.120. The number of hydrogen-bond donors (Lipinski definition) is 0. The minimum absolute atomic E-state index is 0.000987. The molecule has 178 valence electrons. The predicted octanol–water partition coefficient (Wildman–Crippen LogP) is 4.56. The van der Waals surface area contributed by atoms with E-state index in [-0.39, 0.29) is 29.4 Å². The number of ketones is 1. The fourth-order valence-corrected chi connectivity index (χ4v) is 7.06. The lowest BCUT2D eigenvalue weighted by Gasteiger charge is -2.19. The molecule has 0 bridgehead atoms. The van der Waals surface area contributed by atoms with Gasteiger partial charge in [-0.1, -0.05) is 48.5 Å². The molecule has 0 radical (unpaired) electrons. The van der Waals surface area contributed by atoms with Crippen LogP contribution in [0.15, 0.2) is 72.8 Å². The molecule has 2 atom stereocenters. The van der Waals surface area contributed by atoms with Gasteiger partial charge in [0.15, 0.2) is 15.6 Å². The van der Waals surface area contributed by atoms with Gasteiger partial charge in [0.2, 0.25) is 5.91 Å². The average molecular weight is 490 g/mol. The van der Waals surface area contributed by atoms with Gasteiger partial charge >= 0.3 is 0 Å². The monoisotopic (exact) mass is 489 g/mol. The second-order valence-electron chi connectivity index (χ2n) is 9.82. The third-order valence-electron chi connectivity index (χ3n) is 7.49. The van der Waals surface area contributed by atoms with Gasteiger partial charge in [0.25, 0.3) is 0 Å². The summed E-state index contributed by atoms with van der Waals surface area (Å²) in [5, 5.41) is -0.378. The molecule has 1 spiro atoms. The van der Waals surface area contributed by atoms with E-state index in [2.05, 4.69) is 0 Å². The zero-order valence-corrected chi connectivity index (χ0v) is 19.8. The fraction of sp³-hybridized carbons (Fsp3) is 0.286. The normalized spacial score (nSPS) is 22.9. The zero-order valence-electron chi connectivity index (χ0n) is 19.0. The van der Waals surface area contributed by atoms with Crippen LogP contribution in [-0.2, 0) is 26.6 Å². The van der Waals surface area contributed by atoms with Crippen LogP contribution in [-0.4, -0.2) is 31.1 Å². The number of nitrogens with zero attached hydrogens (tertiary/aromatic N) is 1.